The number of aromatic nitrogens is 1. The van der Waals surface area contributed by atoms with Gasteiger partial charge in [-0.2, -0.15) is 0 Å². The molecule has 8 heteroatoms. The summed E-state index contributed by atoms with van der Waals surface area (Å²) < 4.78 is 15.1. The van der Waals surface area contributed by atoms with Gasteiger partial charge in [-0.1, -0.05) is 53.2 Å². The van der Waals surface area contributed by atoms with Crippen molar-refractivity contribution < 1.29 is 23.6 Å². The number of nitrogens with zero attached hydrogens (tertiary/aromatic N) is 1. The average molecular weight is 401 g/mol. The molecule has 0 aliphatic carbocycles. The Hall–Kier alpha value is -3.32. The van der Waals surface area contributed by atoms with E-state index in [9.17, 15) is 9.59 Å². The fourth-order valence-corrected chi connectivity index (χ4v) is 2.59. The Balaban J connectivity index is 1.47. The van der Waals surface area contributed by atoms with Crippen LogP contribution < -0.4 is 10.1 Å². The van der Waals surface area contributed by atoms with Gasteiger partial charge in [-0.15, -0.1) is 0 Å². The smallest absolute Gasteiger partial charge is 0.344 e. The summed E-state index contributed by atoms with van der Waals surface area (Å²) in [5.41, 5.74) is 1.95. The first-order chi connectivity index (χ1) is 13.5. The van der Waals surface area contributed by atoms with Crippen LogP contribution in [0.25, 0.3) is 11.1 Å². The van der Waals surface area contributed by atoms with Gasteiger partial charge in [-0.3, -0.25) is 4.79 Å². The molecule has 0 unspecified atom stereocenters. The first-order valence-electron chi connectivity index (χ1n) is 8.38. The van der Waals surface area contributed by atoms with Crippen LogP contribution in [0, 0.1) is 6.92 Å². The van der Waals surface area contributed by atoms with E-state index in [0.717, 1.165) is 11.1 Å². The van der Waals surface area contributed by atoms with Crippen molar-refractivity contribution in [2.45, 2.75) is 6.92 Å². The lowest BCUT2D eigenvalue weighted by Gasteiger charge is -2.10. The third-order valence-corrected chi connectivity index (χ3v) is 3.94. The lowest BCUT2D eigenvalue weighted by Crippen LogP contribution is -2.23. The fraction of sp³-hybridized carbons (Fsp3) is 0.150. The highest BCUT2D eigenvalue weighted by Gasteiger charge is 2.12. The first kappa shape index (κ1) is 19.4. The van der Waals surface area contributed by atoms with Crippen molar-refractivity contribution in [3.63, 3.8) is 0 Å². The number of anilines is 1. The minimum absolute atomic E-state index is 0.250. The van der Waals surface area contributed by atoms with Crippen LogP contribution in [0.5, 0.6) is 5.75 Å². The molecule has 0 radical (unpaired) electrons. The second-order valence-corrected chi connectivity index (χ2v) is 6.24. The predicted octanol–water partition coefficient (Wildman–Crippen LogP) is 3.86. The van der Waals surface area contributed by atoms with E-state index in [-0.39, 0.29) is 12.4 Å². The molecule has 1 aromatic heterocycles. The largest absolute Gasteiger partial charge is 0.480 e. The number of ether oxygens (including phenoxy) is 2. The van der Waals surface area contributed by atoms with Crippen LogP contribution >= 0.6 is 11.6 Å². The molecule has 0 bridgehead atoms. The third-order valence-electron chi connectivity index (χ3n) is 3.64. The number of benzene rings is 2. The van der Waals surface area contributed by atoms with E-state index in [1.165, 1.54) is 0 Å². The second-order valence-electron chi connectivity index (χ2n) is 5.83. The van der Waals surface area contributed by atoms with Crippen LogP contribution in [0.1, 0.15) is 5.76 Å². The molecule has 1 N–H and O–H groups in total. The molecule has 0 saturated heterocycles. The van der Waals surface area contributed by atoms with Crippen molar-refractivity contribution in [3.8, 4) is 16.9 Å². The highest BCUT2D eigenvalue weighted by molar-refractivity contribution is 6.32. The molecule has 3 rings (SSSR count). The Labute approximate surface area is 166 Å². The quantitative estimate of drug-likeness (QED) is 0.605. The summed E-state index contributed by atoms with van der Waals surface area (Å²) in [6.45, 7) is 0.854. The monoisotopic (exact) mass is 400 g/mol. The summed E-state index contributed by atoms with van der Waals surface area (Å²) in [5, 5.41) is 6.42. The predicted molar refractivity (Wildman–Crippen MR) is 103 cm³/mol. The highest BCUT2D eigenvalue weighted by atomic mass is 35.5. The zero-order chi connectivity index (χ0) is 19.9. The number of carbonyl (C=O) groups excluding carboxylic acids is 2. The first-order valence-corrected chi connectivity index (χ1v) is 8.75. The van der Waals surface area contributed by atoms with E-state index in [1.54, 1.807) is 25.1 Å². The maximum Gasteiger partial charge on any atom is 0.344 e. The van der Waals surface area contributed by atoms with Crippen molar-refractivity contribution in [1.29, 1.82) is 0 Å². The molecule has 0 spiro atoms. The van der Waals surface area contributed by atoms with Gasteiger partial charge >= 0.3 is 5.97 Å². The number of amides is 1. The van der Waals surface area contributed by atoms with Crippen LogP contribution in [0.4, 0.5) is 5.82 Å². The average Bonchev–Trinajstić information content (AvgIpc) is 3.10. The summed E-state index contributed by atoms with van der Waals surface area (Å²) in [4.78, 5) is 23.5. The highest BCUT2D eigenvalue weighted by Crippen LogP contribution is 2.30. The molecule has 2 aromatic carbocycles. The van der Waals surface area contributed by atoms with Crippen molar-refractivity contribution in [3.05, 3.63) is 65.4 Å². The van der Waals surface area contributed by atoms with E-state index in [0.29, 0.717) is 16.5 Å². The Morgan fingerprint density at radius 3 is 2.54 bits per heavy atom. The van der Waals surface area contributed by atoms with Crippen LogP contribution in [-0.4, -0.2) is 30.2 Å². The standard InChI is InChI=1S/C20H17ClN2O5/c1-13-9-18(23-28-13)22-19(24)11-27-20(25)12-26-17-8-7-15(10-16(17)21)14-5-3-2-4-6-14/h2-10H,11-12H2,1H3,(H,22,23,24). The Morgan fingerprint density at radius 1 is 1.07 bits per heavy atom. The summed E-state index contributed by atoms with van der Waals surface area (Å²) in [6.07, 6.45) is 0. The van der Waals surface area contributed by atoms with Crippen molar-refractivity contribution >= 4 is 29.3 Å². The van der Waals surface area contributed by atoms with Crippen LogP contribution in [0.2, 0.25) is 5.02 Å². The Morgan fingerprint density at radius 2 is 1.86 bits per heavy atom. The number of nitrogens with one attached hydrogen (secondary N) is 1. The molecule has 0 saturated carbocycles. The van der Waals surface area contributed by atoms with E-state index in [1.807, 2.05) is 36.4 Å². The van der Waals surface area contributed by atoms with Gasteiger partial charge in [0.15, 0.2) is 19.0 Å². The van der Waals surface area contributed by atoms with Crippen LogP contribution in [0.15, 0.2) is 59.1 Å². The van der Waals surface area contributed by atoms with Crippen molar-refractivity contribution in [1.82, 2.24) is 5.16 Å². The molecule has 3 aromatic rings. The zero-order valence-electron chi connectivity index (χ0n) is 15.0. The van der Waals surface area contributed by atoms with Gasteiger partial charge in [0.25, 0.3) is 5.91 Å². The minimum atomic E-state index is -0.699. The molecule has 0 fully saturated rings. The van der Waals surface area contributed by atoms with Crippen molar-refractivity contribution in [2.24, 2.45) is 0 Å². The summed E-state index contributed by atoms with van der Waals surface area (Å²) in [5.74, 6) is -0.0849. The van der Waals surface area contributed by atoms with Gasteiger partial charge in [-0.05, 0) is 30.2 Å². The lowest BCUT2D eigenvalue weighted by molar-refractivity contribution is -0.149. The van der Waals surface area contributed by atoms with Crippen LogP contribution in [0.3, 0.4) is 0 Å². The molecule has 0 aliphatic heterocycles. The van der Waals surface area contributed by atoms with Gasteiger partial charge in [0.1, 0.15) is 11.5 Å². The lowest BCUT2D eigenvalue weighted by atomic mass is 10.1. The summed E-state index contributed by atoms with van der Waals surface area (Å²) >= 11 is 6.23. The van der Waals surface area contributed by atoms with Gasteiger partial charge in [0.2, 0.25) is 0 Å². The number of esters is 1. The molecule has 144 valence electrons. The molecule has 1 heterocycles. The van der Waals surface area contributed by atoms with E-state index >= 15 is 0 Å². The third kappa shape index (κ3) is 5.34. The molecule has 1 amide bonds. The van der Waals surface area contributed by atoms with Gasteiger partial charge < -0.3 is 19.3 Å². The fourth-order valence-electron chi connectivity index (χ4n) is 2.36. The van der Waals surface area contributed by atoms with E-state index < -0.39 is 18.5 Å². The number of carbonyl (C=O) groups is 2. The minimum Gasteiger partial charge on any atom is -0.480 e. The Kier molecular flexibility index (Phi) is 6.29. The van der Waals surface area contributed by atoms with E-state index in [4.69, 9.17) is 25.6 Å². The molecular weight excluding hydrogens is 384 g/mol. The number of hydrogen-bond donors (Lipinski definition) is 1. The normalized spacial score (nSPS) is 10.4. The van der Waals surface area contributed by atoms with Crippen LogP contribution in [-0.2, 0) is 14.3 Å². The SMILES string of the molecule is Cc1cc(NC(=O)COC(=O)COc2ccc(-c3ccccc3)cc2Cl)no1. The number of hydrogen-bond acceptors (Lipinski definition) is 6. The second kappa shape index (κ2) is 9.05. The van der Waals surface area contributed by atoms with Gasteiger partial charge in [0, 0.05) is 6.07 Å². The maximum absolute atomic E-state index is 11.8. The molecular formula is C20H17ClN2O5. The van der Waals surface area contributed by atoms with Gasteiger partial charge in [-0.25, -0.2) is 4.79 Å². The molecule has 7 nitrogen and oxygen atoms in total. The zero-order valence-corrected chi connectivity index (χ0v) is 15.7. The molecule has 28 heavy (non-hydrogen) atoms. The van der Waals surface area contributed by atoms with Gasteiger partial charge in [0.05, 0.1) is 5.02 Å². The number of aryl methyl sites for hydroxylation is 1. The summed E-state index contributed by atoms with van der Waals surface area (Å²) in [6, 6.07) is 16.6. The van der Waals surface area contributed by atoms with E-state index in [2.05, 4.69) is 10.5 Å². The maximum atomic E-state index is 11.8. The number of halogens is 1. The molecule has 0 aliphatic rings. The molecule has 0 atom stereocenters. The van der Waals surface area contributed by atoms with Crippen molar-refractivity contribution in [2.75, 3.05) is 18.5 Å². The number of rotatable bonds is 7. The topological polar surface area (TPSA) is 90.7 Å². The summed E-state index contributed by atoms with van der Waals surface area (Å²) in [7, 11) is 0. The Bertz CT molecular complexity index is 972.